The Morgan fingerprint density at radius 1 is 0.897 bits per heavy atom. The van der Waals surface area contributed by atoms with Crippen LogP contribution >= 0.6 is 0 Å². The second-order valence-electron chi connectivity index (χ2n) is 7.11. The maximum absolute atomic E-state index is 12.8. The van der Waals surface area contributed by atoms with E-state index < -0.39 is 0 Å². The predicted molar refractivity (Wildman–Crippen MR) is 111 cm³/mol. The number of ether oxygens (including phenoxy) is 2. The van der Waals surface area contributed by atoms with Gasteiger partial charge in [-0.15, -0.1) is 0 Å². The Labute approximate surface area is 169 Å². The van der Waals surface area contributed by atoms with Gasteiger partial charge < -0.3 is 14.8 Å². The molecule has 1 heterocycles. The Morgan fingerprint density at radius 3 is 2.14 bits per heavy atom. The molecule has 0 amide bonds. The summed E-state index contributed by atoms with van der Waals surface area (Å²) in [7, 11) is 3.28. The minimum Gasteiger partial charge on any atom is -0.497 e. The van der Waals surface area contributed by atoms with Crippen LogP contribution in [-0.4, -0.2) is 30.0 Å². The van der Waals surface area contributed by atoms with E-state index in [1.807, 2.05) is 55.5 Å². The summed E-state index contributed by atoms with van der Waals surface area (Å²) in [5, 5.41) is 3.23. The fraction of sp³-hybridized carbons (Fsp3) is 0.261. The molecule has 2 aromatic carbocycles. The van der Waals surface area contributed by atoms with Gasteiger partial charge in [0.15, 0.2) is 5.78 Å². The fourth-order valence-electron chi connectivity index (χ4n) is 3.75. The molecule has 0 saturated carbocycles. The van der Waals surface area contributed by atoms with Gasteiger partial charge in [0.2, 0.25) is 5.95 Å². The number of carbonyl (C=O) groups excluding carboxylic acids is 1. The van der Waals surface area contributed by atoms with Crippen LogP contribution in [-0.2, 0) is 6.42 Å². The highest BCUT2D eigenvalue weighted by Gasteiger charge is 2.30. The number of Topliss-reactive ketones (excluding diaryl/α,β-unsaturated/α-hetero) is 1. The van der Waals surface area contributed by atoms with Crippen molar-refractivity contribution in [2.75, 3.05) is 19.5 Å². The zero-order valence-electron chi connectivity index (χ0n) is 16.7. The number of aromatic nitrogens is 2. The van der Waals surface area contributed by atoms with Gasteiger partial charge in [-0.3, -0.25) is 4.79 Å². The van der Waals surface area contributed by atoms with Crippen LogP contribution in [0.15, 0.2) is 48.5 Å². The van der Waals surface area contributed by atoms with Crippen molar-refractivity contribution < 1.29 is 14.3 Å². The smallest absolute Gasteiger partial charge is 0.227 e. The number of nitrogens with one attached hydrogen (secondary N) is 1. The molecule has 4 rings (SSSR count). The van der Waals surface area contributed by atoms with Gasteiger partial charge in [0, 0.05) is 12.1 Å². The van der Waals surface area contributed by atoms with Crippen LogP contribution in [0, 0.1) is 6.92 Å². The van der Waals surface area contributed by atoms with E-state index in [9.17, 15) is 4.79 Å². The number of benzene rings is 2. The summed E-state index contributed by atoms with van der Waals surface area (Å²) in [6.07, 6.45) is 1.17. The van der Waals surface area contributed by atoms with Crippen LogP contribution in [0.25, 0.3) is 0 Å². The van der Waals surface area contributed by atoms with Gasteiger partial charge in [-0.05, 0) is 61.2 Å². The first-order valence-corrected chi connectivity index (χ1v) is 9.53. The molecule has 1 atom stereocenters. The van der Waals surface area contributed by atoms with E-state index in [1.54, 1.807) is 14.2 Å². The van der Waals surface area contributed by atoms with E-state index in [0.29, 0.717) is 30.0 Å². The maximum atomic E-state index is 12.8. The molecular weight excluding hydrogens is 366 g/mol. The number of rotatable bonds is 5. The van der Waals surface area contributed by atoms with Crippen molar-refractivity contribution in [1.29, 1.82) is 0 Å². The molecular formula is C23H23N3O3. The summed E-state index contributed by atoms with van der Waals surface area (Å²) < 4.78 is 10.4. The number of hydrogen-bond acceptors (Lipinski definition) is 6. The number of anilines is 2. The highest BCUT2D eigenvalue weighted by molar-refractivity contribution is 5.99. The van der Waals surface area contributed by atoms with Crippen LogP contribution < -0.4 is 14.8 Å². The molecule has 1 aromatic heterocycles. The molecule has 6 nitrogen and oxygen atoms in total. The molecule has 0 radical (unpaired) electrons. The van der Waals surface area contributed by atoms with Crippen molar-refractivity contribution in [2.24, 2.45) is 0 Å². The molecule has 1 aliphatic rings. The quantitative estimate of drug-likeness (QED) is 0.695. The Bertz CT molecular complexity index is 1030. The van der Waals surface area contributed by atoms with Crippen molar-refractivity contribution in [3.63, 3.8) is 0 Å². The van der Waals surface area contributed by atoms with Gasteiger partial charge in [0.1, 0.15) is 11.5 Å². The van der Waals surface area contributed by atoms with Gasteiger partial charge in [-0.1, -0.05) is 12.1 Å². The molecule has 0 saturated heterocycles. The van der Waals surface area contributed by atoms with Crippen molar-refractivity contribution in [2.45, 2.75) is 25.7 Å². The molecule has 0 unspecified atom stereocenters. The third-order valence-electron chi connectivity index (χ3n) is 5.25. The van der Waals surface area contributed by atoms with E-state index in [1.165, 1.54) is 0 Å². The zero-order chi connectivity index (χ0) is 20.4. The summed E-state index contributed by atoms with van der Waals surface area (Å²) in [5.74, 6) is 2.28. The van der Waals surface area contributed by atoms with E-state index in [-0.39, 0.29) is 11.7 Å². The third-order valence-corrected chi connectivity index (χ3v) is 5.25. The van der Waals surface area contributed by atoms with Crippen molar-refractivity contribution in [3.8, 4) is 11.5 Å². The maximum Gasteiger partial charge on any atom is 0.227 e. The summed E-state index contributed by atoms with van der Waals surface area (Å²) in [6, 6.07) is 15.4. The average Bonchev–Trinajstić information content (AvgIpc) is 2.73. The minimum atomic E-state index is 0.0977. The first-order chi connectivity index (χ1) is 14.1. The normalized spacial score (nSPS) is 15.6. The van der Waals surface area contributed by atoms with E-state index in [4.69, 9.17) is 9.47 Å². The van der Waals surface area contributed by atoms with E-state index in [2.05, 4.69) is 15.3 Å². The van der Waals surface area contributed by atoms with Crippen LogP contribution in [0.4, 0.5) is 11.6 Å². The summed E-state index contributed by atoms with van der Waals surface area (Å²) in [6.45, 7) is 1.87. The number of hydrogen-bond donors (Lipinski definition) is 1. The second kappa shape index (κ2) is 7.91. The third kappa shape index (κ3) is 3.92. The largest absolute Gasteiger partial charge is 0.497 e. The minimum absolute atomic E-state index is 0.0977. The Kier molecular flexibility index (Phi) is 5.16. The van der Waals surface area contributed by atoms with Gasteiger partial charge in [-0.25, -0.2) is 9.97 Å². The summed E-state index contributed by atoms with van der Waals surface area (Å²) in [5.41, 5.74) is 4.15. The van der Waals surface area contributed by atoms with Crippen LogP contribution in [0.2, 0.25) is 0 Å². The van der Waals surface area contributed by atoms with E-state index >= 15 is 0 Å². The standard InChI is InChI=1S/C23H23N3O3/c1-14-22-20(26-23(24-14)25-17-6-10-19(29-3)11-7-17)12-16(13-21(22)27)15-4-8-18(28-2)9-5-15/h4-11,16H,12-13H2,1-3H3,(H,24,25,26)/t16-/m0/s1. The number of aryl methyl sites for hydroxylation is 1. The average molecular weight is 389 g/mol. The lowest BCUT2D eigenvalue weighted by molar-refractivity contribution is 0.0962. The summed E-state index contributed by atoms with van der Waals surface area (Å²) in [4.78, 5) is 22.0. The lowest BCUT2D eigenvalue weighted by Crippen LogP contribution is -2.22. The van der Waals surface area contributed by atoms with Crippen LogP contribution in [0.1, 0.15) is 39.6 Å². The number of carbonyl (C=O) groups is 1. The fourth-order valence-corrected chi connectivity index (χ4v) is 3.75. The second-order valence-corrected chi connectivity index (χ2v) is 7.11. The molecule has 1 aliphatic carbocycles. The highest BCUT2D eigenvalue weighted by Crippen LogP contribution is 2.34. The van der Waals surface area contributed by atoms with Crippen LogP contribution in [0.3, 0.4) is 0 Å². The lowest BCUT2D eigenvalue weighted by atomic mass is 9.81. The first-order valence-electron chi connectivity index (χ1n) is 9.53. The zero-order valence-corrected chi connectivity index (χ0v) is 16.7. The molecule has 3 aromatic rings. The van der Waals surface area contributed by atoms with Gasteiger partial charge in [-0.2, -0.15) is 0 Å². The van der Waals surface area contributed by atoms with Gasteiger partial charge in [0.05, 0.1) is 31.2 Å². The molecule has 0 bridgehead atoms. The molecule has 29 heavy (non-hydrogen) atoms. The Hall–Kier alpha value is -3.41. The Morgan fingerprint density at radius 2 is 1.52 bits per heavy atom. The molecule has 0 aliphatic heterocycles. The number of ketones is 1. The number of methoxy groups -OCH3 is 2. The lowest BCUT2D eigenvalue weighted by Gasteiger charge is -2.24. The first kappa shape index (κ1) is 18.9. The molecule has 148 valence electrons. The molecule has 1 N–H and O–H groups in total. The highest BCUT2D eigenvalue weighted by atomic mass is 16.5. The number of fused-ring (bicyclic) bond motifs is 1. The van der Waals surface area contributed by atoms with Crippen LogP contribution in [0.5, 0.6) is 11.5 Å². The van der Waals surface area contributed by atoms with Crippen molar-refractivity contribution in [3.05, 3.63) is 71.0 Å². The molecule has 0 fully saturated rings. The molecule has 6 heteroatoms. The Balaban J connectivity index is 1.61. The number of nitrogens with zero attached hydrogens (tertiary/aromatic N) is 2. The van der Waals surface area contributed by atoms with E-state index in [0.717, 1.165) is 28.4 Å². The van der Waals surface area contributed by atoms with Gasteiger partial charge >= 0.3 is 0 Å². The predicted octanol–water partition coefficient (Wildman–Crippen LogP) is 4.46. The SMILES string of the molecule is COc1ccc(Nc2nc(C)c3c(n2)C[C@H](c2ccc(OC)cc2)CC3=O)cc1. The van der Waals surface area contributed by atoms with Gasteiger partial charge in [0.25, 0.3) is 0 Å². The molecule has 0 spiro atoms. The van der Waals surface area contributed by atoms with Crippen molar-refractivity contribution >= 4 is 17.4 Å². The van der Waals surface area contributed by atoms with Crippen molar-refractivity contribution in [1.82, 2.24) is 9.97 Å². The monoisotopic (exact) mass is 389 g/mol. The summed E-state index contributed by atoms with van der Waals surface area (Å²) >= 11 is 0. The topological polar surface area (TPSA) is 73.3 Å².